The SMILES string of the molecule is CCNS(=O)(=O)c1ccccc1N(C)CCCCCO. The number of aliphatic hydroxyl groups excluding tert-OH is 1. The van der Waals surface area contributed by atoms with Gasteiger partial charge in [-0.25, -0.2) is 13.1 Å². The van der Waals surface area contributed by atoms with Gasteiger partial charge in [-0.2, -0.15) is 0 Å². The van der Waals surface area contributed by atoms with Crippen molar-refractivity contribution in [1.29, 1.82) is 0 Å². The molecule has 0 amide bonds. The zero-order valence-electron chi connectivity index (χ0n) is 12.2. The highest BCUT2D eigenvalue weighted by atomic mass is 32.2. The molecular formula is C14H24N2O3S. The smallest absolute Gasteiger partial charge is 0.242 e. The Bertz CT molecular complexity index is 503. The number of rotatable bonds is 9. The van der Waals surface area contributed by atoms with E-state index < -0.39 is 10.0 Å². The summed E-state index contributed by atoms with van der Waals surface area (Å²) in [6, 6.07) is 7.01. The second kappa shape index (κ2) is 8.24. The van der Waals surface area contributed by atoms with Gasteiger partial charge in [-0.15, -0.1) is 0 Å². The summed E-state index contributed by atoms with van der Waals surface area (Å²) in [6.45, 7) is 3.10. The normalized spacial score (nSPS) is 11.6. The Kier molecular flexibility index (Phi) is 6.98. The Morgan fingerprint density at radius 1 is 1.20 bits per heavy atom. The van der Waals surface area contributed by atoms with Crippen molar-refractivity contribution >= 4 is 15.7 Å². The first-order valence-corrected chi connectivity index (χ1v) is 8.42. The molecule has 0 aliphatic carbocycles. The second-order valence-electron chi connectivity index (χ2n) is 4.67. The van der Waals surface area contributed by atoms with Gasteiger partial charge < -0.3 is 10.0 Å². The van der Waals surface area contributed by atoms with Crippen LogP contribution in [-0.2, 0) is 10.0 Å². The summed E-state index contributed by atoms with van der Waals surface area (Å²) in [5, 5.41) is 8.76. The third kappa shape index (κ3) is 4.77. The van der Waals surface area contributed by atoms with Gasteiger partial charge >= 0.3 is 0 Å². The zero-order valence-corrected chi connectivity index (χ0v) is 13.0. The largest absolute Gasteiger partial charge is 0.396 e. The summed E-state index contributed by atoms with van der Waals surface area (Å²) < 4.78 is 26.8. The monoisotopic (exact) mass is 300 g/mol. The van der Waals surface area contributed by atoms with Crippen LogP contribution in [-0.4, -0.2) is 40.3 Å². The van der Waals surface area contributed by atoms with E-state index in [1.165, 1.54) is 0 Å². The summed E-state index contributed by atoms with van der Waals surface area (Å²) >= 11 is 0. The molecule has 2 N–H and O–H groups in total. The predicted molar refractivity (Wildman–Crippen MR) is 81.5 cm³/mol. The Labute approximate surface area is 121 Å². The number of hydrogen-bond donors (Lipinski definition) is 2. The zero-order chi connectivity index (χ0) is 15.0. The number of nitrogens with one attached hydrogen (secondary N) is 1. The van der Waals surface area contributed by atoms with Crippen molar-refractivity contribution in [2.75, 3.05) is 31.6 Å². The van der Waals surface area contributed by atoms with Crippen LogP contribution in [0.5, 0.6) is 0 Å². The molecule has 1 aromatic carbocycles. The number of unbranched alkanes of at least 4 members (excludes halogenated alkanes) is 2. The van der Waals surface area contributed by atoms with Crippen LogP contribution in [0.2, 0.25) is 0 Å². The van der Waals surface area contributed by atoms with E-state index in [0.29, 0.717) is 17.1 Å². The molecule has 0 radical (unpaired) electrons. The Morgan fingerprint density at radius 2 is 1.90 bits per heavy atom. The maximum absolute atomic E-state index is 12.2. The topological polar surface area (TPSA) is 69.6 Å². The molecule has 1 aromatic rings. The van der Waals surface area contributed by atoms with Crippen LogP contribution in [0.15, 0.2) is 29.2 Å². The fourth-order valence-electron chi connectivity index (χ4n) is 2.03. The highest BCUT2D eigenvalue weighted by Crippen LogP contribution is 2.24. The molecule has 0 saturated heterocycles. The maximum atomic E-state index is 12.2. The first-order valence-electron chi connectivity index (χ1n) is 6.93. The molecule has 0 atom stereocenters. The van der Waals surface area contributed by atoms with Gasteiger partial charge in [0.25, 0.3) is 0 Å². The number of sulfonamides is 1. The first-order chi connectivity index (χ1) is 9.53. The lowest BCUT2D eigenvalue weighted by Crippen LogP contribution is -2.27. The van der Waals surface area contributed by atoms with Crippen LogP contribution in [0.25, 0.3) is 0 Å². The van der Waals surface area contributed by atoms with E-state index in [-0.39, 0.29) is 6.61 Å². The van der Waals surface area contributed by atoms with Crippen molar-refractivity contribution in [2.24, 2.45) is 0 Å². The molecule has 0 aromatic heterocycles. The Morgan fingerprint density at radius 3 is 2.55 bits per heavy atom. The minimum atomic E-state index is -3.45. The van der Waals surface area contributed by atoms with Crippen molar-refractivity contribution in [1.82, 2.24) is 4.72 Å². The number of para-hydroxylation sites is 1. The third-order valence-corrected chi connectivity index (χ3v) is 4.64. The molecule has 0 aliphatic heterocycles. The average Bonchev–Trinajstić information content (AvgIpc) is 2.43. The lowest BCUT2D eigenvalue weighted by molar-refractivity contribution is 0.283. The molecular weight excluding hydrogens is 276 g/mol. The number of benzene rings is 1. The minimum Gasteiger partial charge on any atom is -0.396 e. The van der Waals surface area contributed by atoms with Crippen molar-refractivity contribution in [3.05, 3.63) is 24.3 Å². The van der Waals surface area contributed by atoms with E-state index in [9.17, 15) is 8.42 Å². The van der Waals surface area contributed by atoms with E-state index >= 15 is 0 Å². The molecule has 1 rings (SSSR count). The summed E-state index contributed by atoms with van der Waals surface area (Å²) in [5.74, 6) is 0. The Balaban J connectivity index is 2.84. The van der Waals surface area contributed by atoms with Crippen molar-refractivity contribution in [2.45, 2.75) is 31.1 Å². The molecule has 0 saturated carbocycles. The Hall–Kier alpha value is -1.11. The van der Waals surface area contributed by atoms with Gasteiger partial charge in [0.05, 0.1) is 5.69 Å². The van der Waals surface area contributed by atoms with Crippen molar-refractivity contribution in [3.63, 3.8) is 0 Å². The van der Waals surface area contributed by atoms with Crippen LogP contribution in [0.4, 0.5) is 5.69 Å². The van der Waals surface area contributed by atoms with Gasteiger partial charge in [0.2, 0.25) is 10.0 Å². The fourth-order valence-corrected chi connectivity index (χ4v) is 3.32. The van der Waals surface area contributed by atoms with Gasteiger partial charge in [0.15, 0.2) is 0 Å². The number of aliphatic hydroxyl groups is 1. The highest BCUT2D eigenvalue weighted by molar-refractivity contribution is 7.89. The van der Waals surface area contributed by atoms with Crippen LogP contribution in [0.1, 0.15) is 26.2 Å². The lowest BCUT2D eigenvalue weighted by atomic mass is 10.2. The van der Waals surface area contributed by atoms with Crippen LogP contribution >= 0.6 is 0 Å². The predicted octanol–water partition coefficient (Wildman–Crippen LogP) is 1.58. The molecule has 0 unspecified atom stereocenters. The summed E-state index contributed by atoms with van der Waals surface area (Å²) in [5.41, 5.74) is 0.706. The third-order valence-electron chi connectivity index (χ3n) is 3.05. The van der Waals surface area contributed by atoms with E-state index in [0.717, 1.165) is 25.8 Å². The summed E-state index contributed by atoms with van der Waals surface area (Å²) in [4.78, 5) is 2.26. The van der Waals surface area contributed by atoms with Crippen LogP contribution < -0.4 is 9.62 Å². The molecule has 20 heavy (non-hydrogen) atoms. The summed E-state index contributed by atoms with van der Waals surface area (Å²) in [7, 11) is -1.56. The van der Waals surface area contributed by atoms with Gasteiger partial charge in [-0.1, -0.05) is 19.1 Å². The quantitative estimate of drug-likeness (QED) is 0.679. The number of hydrogen-bond acceptors (Lipinski definition) is 4. The van der Waals surface area contributed by atoms with Gasteiger partial charge in [0, 0.05) is 26.7 Å². The molecule has 5 nitrogen and oxygen atoms in total. The van der Waals surface area contributed by atoms with Gasteiger partial charge in [0.1, 0.15) is 4.90 Å². The van der Waals surface area contributed by atoms with Crippen molar-refractivity contribution < 1.29 is 13.5 Å². The van der Waals surface area contributed by atoms with E-state index in [1.807, 2.05) is 24.1 Å². The van der Waals surface area contributed by atoms with E-state index in [4.69, 9.17) is 5.11 Å². The fraction of sp³-hybridized carbons (Fsp3) is 0.571. The first kappa shape index (κ1) is 16.9. The van der Waals surface area contributed by atoms with E-state index in [2.05, 4.69) is 4.72 Å². The van der Waals surface area contributed by atoms with E-state index in [1.54, 1.807) is 19.1 Å². The number of anilines is 1. The minimum absolute atomic E-state index is 0.203. The molecule has 0 spiro atoms. The molecule has 0 bridgehead atoms. The standard InChI is InChI=1S/C14H24N2O3S/c1-3-15-20(18,19)14-10-6-5-9-13(14)16(2)11-7-4-8-12-17/h5-6,9-10,15,17H,3-4,7-8,11-12H2,1-2H3. The molecule has 0 heterocycles. The van der Waals surface area contributed by atoms with Crippen LogP contribution in [0, 0.1) is 0 Å². The van der Waals surface area contributed by atoms with Gasteiger partial charge in [-0.05, 0) is 31.4 Å². The highest BCUT2D eigenvalue weighted by Gasteiger charge is 2.18. The molecule has 0 aliphatic rings. The second-order valence-corrected chi connectivity index (χ2v) is 6.41. The lowest BCUT2D eigenvalue weighted by Gasteiger charge is -2.22. The molecule has 0 fully saturated rings. The number of nitrogens with zero attached hydrogens (tertiary/aromatic N) is 1. The molecule has 114 valence electrons. The summed E-state index contributed by atoms with van der Waals surface area (Å²) in [6.07, 6.45) is 2.64. The van der Waals surface area contributed by atoms with Crippen LogP contribution in [0.3, 0.4) is 0 Å². The van der Waals surface area contributed by atoms with Crippen molar-refractivity contribution in [3.8, 4) is 0 Å². The molecule has 6 heteroatoms. The van der Waals surface area contributed by atoms with Gasteiger partial charge in [-0.3, -0.25) is 0 Å². The maximum Gasteiger partial charge on any atom is 0.242 e. The average molecular weight is 300 g/mol.